The second-order valence-corrected chi connectivity index (χ2v) is 5.99. The summed E-state index contributed by atoms with van der Waals surface area (Å²) in [5, 5.41) is 2.80. The minimum Gasteiger partial charge on any atom is -0.398 e. The van der Waals surface area contributed by atoms with Crippen molar-refractivity contribution in [1.29, 1.82) is 0 Å². The summed E-state index contributed by atoms with van der Waals surface area (Å²) >= 11 is 1.56. The Kier molecular flexibility index (Phi) is 3.51. The molecule has 106 valence electrons. The lowest BCUT2D eigenvalue weighted by molar-refractivity contribution is 0.881. The maximum Gasteiger partial charge on any atom is 0.192 e. The van der Waals surface area contributed by atoms with Crippen LogP contribution in [0.2, 0.25) is 0 Å². The summed E-state index contributed by atoms with van der Waals surface area (Å²) in [7, 11) is 0. The molecule has 0 saturated carbocycles. The van der Waals surface area contributed by atoms with Crippen LogP contribution in [0, 0.1) is 20.8 Å². The number of nitrogens with zero attached hydrogens (tertiary/aromatic N) is 3. The van der Waals surface area contributed by atoms with Gasteiger partial charge in [-0.15, -0.1) is 0 Å². The van der Waals surface area contributed by atoms with Crippen molar-refractivity contribution >= 4 is 28.2 Å². The Bertz CT molecular complexity index is 807. The molecule has 2 aromatic heterocycles. The molecule has 0 fully saturated rings. The molecule has 0 aliphatic rings. The van der Waals surface area contributed by atoms with Gasteiger partial charge in [0.25, 0.3) is 0 Å². The number of benzene rings is 1. The van der Waals surface area contributed by atoms with Gasteiger partial charge in [-0.1, -0.05) is 0 Å². The highest BCUT2D eigenvalue weighted by atomic mass is 32.2. The average Bonchev–Trinajstić information content (AvgIpc) is 2.48. The minimum absolute atomic E-state index is 0.736. The Morgan fingerprint density at radius 3 is 2.38 bits per heavy atom. The predicted octanol–water partition coefficient (Wildman–Crippen LogP) is 3.68. The van der Waals surface area contributed by atoms with E-state index in [-0.39, 0.29) is 0 Å². The summed E-state index contributed by atoms with van der Waals surface area (Å²) in [6.07, 6.45) is 3.57. The molecule has 3 aromatic rings. The van der Waals surface area contributed by atoms with E-state index in [9.17, 15) is 0 Å². The summed E-state index contributed by atoms with van der Waals surface area (Å²) < 4.78 is 0. The third-order valence-corrected chi connectivity index (χ3v) is 4.57. The van der Waals surface area contributed by atoms with Crippen LogP contribution in [0.15, 0.2) is 40.6 Å². The van der Waals surface area contributed by atoms with Crippen molar-refractivity contribution in [2.75, 3.05) is 5.73 Å². The number of nitrogen functional groups attached to an aromatic ring is 1. The van der Waals surface area contributed by atoms with Crippen molar-refractivity contribution in [3.8, 4) is 0 Å². The van der Waals surface area contributed by atoms with E-state index >= 15 is 0 Å². The molecule has 0 saturated heterocycles. The fourth-order valence-electron chi connectivity index (χ4n) is 2.16. The summed E-state index contributed by atoms with van der Waals surface area (Å²) in [5.74, 6) is 0. The highest BCUT2D eigenvalue weighted by molar-refractivity contribution is 7.99. The Balaban J connectivity index is 2.09. The fraction of sp³-hybridized carbons (Fsp3) is 0.188. The van der Waals surface area contributed by atoms with Crippen LogP contribution in [-0.4, -0.2) is 15.0 Å². The van der Waals surface area contributed by atoms with Gasteiger partial charge in [-0.2, -0.15) is 0 Å². The van der Waals surface area contributed by atoms with Gasteiger partial charge in [0.15, 0.2) is 5.16 Å². The van der Waals surface area contributed by atoms with Gasteiger partial charge >= 0.3 is 0 Å². The maximum atomic E-state index is 6.01. The molecule has 5 heteroatoms. The molecule has 2 heterocycles. The molecule has 0 spiro atoms. The van der Waals surface area contributed by atoms with Crippen molar-refractivity contribution in [1.82, 2.24) is 15.0 Å². The van der Waals surface area contributed by atoms with Crippen molar-refractivity contribution in [2.45, 2.75) is 30.8 Å². The first-order valence-corrected chi connectivity index (χ1v) is 7.50. The zero-order chi connectivity index (χ0) is 15.0. The number of fused-ring (bicyclic) bond motifs is 1. The maximum absolute atomic E-state index is 6.01. The van der Waals surface area contributed by atoms with Crippen molar-refractivity contribution in [3.05, 3.63) is 47.5 Å². The van der Waals surface area contributed by atoms with Gasteiger partial charge in [0.05, 0.1) is 0 Å². The van der Waals surface area contributed by atoms with Crippen LogP contribution in [0.4, 0.5) is 5.69 Å². The smallest absolute Gasteiger partial charge is 0.192 e. The lowest BCUT2D eigenvalue weighted by atomic mass is 10.1. The molecule has 0 unspecified atom stereocenters. The number of nitrogens with two attached hydrogens (primary N) is 1. The van der Waals surface area contributed by atoms with E-state index in [2.05, 4.69) is 15.0 Å². The number of hydrogen-bond donors (Lipinski definition) is 1. The van der Waals surface area contributed by atoms with Gasteiger partial charge in [-0.3, -0.25) is 4.98 Å². The van der Waals surface area contributed by atoms with Crippen LogP contribution >= 0.6 is 11.8 Å². The largest absolute Gasteiger partial charge is 0.398 e. The van der Waals surface area contributed by atoms with Gasteiger partial charge in [0.1, 0.15) is 0 Å². The number of anilines is 1. The molecule has 3 rings (SSSR count). The highest BCUT2D eigenvalue weighted by Crippen LogP contribution is 2.34. The lowest BCUT2D eigenvalue weighted by Gasteiger charge is -2.09. The van der Waals surface area contributed by atoms with Gasteiger partial charge in [0, 0.05) is 45.1 Å². The van der Waals surface area contributed by atoms with Gasteiger partial charge < -0.3 is 5.73 Å². The molecule has 0 aliphatic carbocycles. The highest BCUT2D eigenvalue weighted by Gasteiger charge is 2.10. The average molecular weight is 296 g/mol. The second-order valence-electron chi connectivity index (χ2n) is 4.98. The molecule has 1 aromatic carbocycles. The first-order valence-electron chi connectivity index (χ1n) is 6.68. The number of hydrogen-bond acceptors (Lipinski definition) is 5. The van der Waals surface area contributed by atoms with E-state index in [0.717, 1.165) is 43.5 Å². The Morgan fingerprint density at radius 2 is 1.67 bits per heavy atom. The molecular weight excluding hydrogens is 280 g/mol. The summed E-state index contributed by atoms with van der Waals surface area (Å²) in [6, 6.07) is 5.89. The normalized spacial score (nSPS) is 11.0. The standard InChI is InChI=1S/C16H16N4S/c1-9-10(2)19-16(20-11(9)3)21-15-5-4-14(17)13-8-18-7-6-12(13)15/h4-8H,17H2,1-3H3. The van der Waals surface area contributed by atoms with Crippen LogP contribution in [0.1, 0.15) is 17.0 Å². The van der Waals surface area contributed by atoms with Gasteiger partial charge in [-0.05, 0) is 56.3 Å². The van der Waals surface area contributed by atoms with Gasteiger partial charge in [0.2, 0.25) is 0 Å². The monoisotopic (exact) mass is 296 g/mol. The first-order chi connectivity index (χ1) is 10.1. The zero-order valence-corrected chi connectivity index (χ0v) is 13.0. The fourth-order valence-corrected chi connectivity index (χ4v) is 3.14. The first kappa shape index (κ1) is 13.8. The molecule has 0 bridgehead atoms. The molecule has 0 atom stereocenters. The summed E-state index contributed by atoms with van der Waals surface area (Å²) in [6.45, 7) is 6.07. The third-order valence-electron chi connectivity index (χ3n) is 3.63. The second kappa shape index (κ2) is 5.33. The minimum atomic E-state index is 0.736. The number of pyridine rings is 1. The van der Waals surface area contributed by atoms with Gasteiger partial charge in [-0.25, -0.2) is 9.97 Å². The van der Waals surface area contributed by atoms with E-state index < -0.39 is 0 Å². The quantitative estimate of drug-likeness (QED) is 0.577. The van der Waals surface area contributed by atoms with Crippen molar-refractivity contribution in [3.63, 3.8) is 0 Å². The Morgan fingerprint density at radius 1 is 0.952 bits per heavy atom. The summed E-state index contributed by atoms with van der Waals surface area (Å²) in [5.41, 5.74) is 9.93. The van der Waals surface area contributed by atoms with Crippen molar-refractivity contribution in [2.24, 2.45) is 0 Å². The molecule has 4 nitrogen and oxygen atoms in total. The molecule has 0 aliphatic heterocycles. The van der Waals surface area contributed by atoms with E-state index in [4.69, 9.17) is 5.73 Å². The predicted molar refractivity (Wildman–Crippen MR) is 86.5 cm³/mol. The molecule has 0 amide bonds. The molecule has 2 N–H and O–H groups in total. The van der Waals surface area contributed by atoms with E-state index in [1.54, 1.807) is 24.2 Å². The summed E-state index contributed by atoms with van der Waals surface area (Å²) in [4.78, 5) is 14.4. The van der Waals surface area contributed by atoms with Crippen LogP contribution < -0.4 is 5.73 Å². The van der Waals surface area contributed by atoms with E-state index in [1.165, 1.54) is 0 Å². The zero-order valence-electron chi connectivity index (χ0n) is 12.2. The number of rotatable bonds is 2. The Hall–Kier alpha value is -2.14. The van der Waals surface area contributed by atoms with Crippen LogP contribution in [0.25, 0.3) is 10.8 Å². The van der Waals surface area contributed by atoms with Crippen LogP contribution in [0.3, 0.4) is 0 Å². The van der Waals surface area contributed by atoms with E-state index in [0.29, 0.717) is 0 Å². The number of aryl methyl sites for hydroxylation is 2. The molecule has 21 heavy (non-hydrogen) atoms. The topological polar surface area (TPSA) is 64.7 Å². The van der Waals surface area contributed by atoms with Crippen LogP contribution in [0.5, 0.6) is 0 Å². The lowest BCUT2D eigenvalue weighted by Crippen LogP contribution is -1.98. The molecule has 0 radical (unpaired) electrons. The Labute approximate surface area is 127 Å². The van der Waals surface area contributed by atoms with E-state index in [1.807, 2.05) is 39.0 Å². The molecular formula is C16H16N4S. The SMILES string of the molecule is Cc1nc(Sc2ccc(N)c3cnccc23)nc(C)c1C. The van der Waals surface area contributed by atoms with Crippen LogP contribution in [-0.2, 0) is 0 Å². The van der Waals surface area contributed by atoms with Crippen molar-refractivity contribution < 1.29 is 0 Å². The third kappa shape index (κ3) is 2.56. The number of aromatic nitrogens is 3.